The maximum absolute atomic E-state index is 11.0. The summed E-state index contributed by atoms with van der Waals surface area (Å²) in [4.78, 5) is 0. The van der Waals surface area contributed by atoms with E-state index in [9.17, 15) is 33.6 Å². The van der Waals surface area contributed by atoms with Crippen molar-refractivity contribution in [2.75, 3.05) is 36.7 Å². The molecule has 0 spiro atoms. The molecule has 0 saturated heterocycles. The Kier molecular flexibility index (Phi) is 7.08. The molecule has 0 rings (SSSR count). The Morgan fingerprint density at radius 2 is 1.10 bits per heavy atom. The minimum absolute atomic E-state index is 0.385. The average molecular weight is 370 g/mol. The summed E-state index contributed by atoms with van der Waals surface area (Å²) < 4.78 is 81.3. The fraction of sp³-hybridized carbons (Fsp3) is 1.00. The van der Waals surface area contributed by atoms with Gasteiger partial charge in [-0.05, 0) is 20.8 Å². The number of hydrogen-bond donors (Lipinski definition) is 0. The van der Waals surface area contributed by atoms with E-state index >= 15 is 0 Å². The SMILES string of the molecule is CC[P+](CC)(CC)CCS(C)(=O)=O.F[P-](F)(F)(F)(F)F. The Morgan fingerprint density at radius 1 is 0.850 bits per heavy atom. The first kappa shape index (κ1) is 22.7. The van der Waals surface area contributed by atoms with Crippen molar-refractivity contribution in [2.45, 2.75) is 20.8 Å². The van der Waals surface area contributed by atoms with E-state index in [1.807, 2.05) is 0 Å². The molecule has 11 heteroatoms. The molecule has 0 bridgehead atoms. The molecule has 0 aliphatic rings. The van der Waals surface area contributed by atoms with E-state index in [0.717, 1.165) is 6.16 Å². The summed E-state index contributed by atoms with van der Waals surface area (Å²) in [5.74, 6) is 0.385. The minimum atomic E-state index is -10.7. The zero-order valence-electron chi connectivity index (χ0n) is 11.9. The van der Waals surface area contributed by atoms with Gasteiger partial charge in [-0.2, -0.15) is 0 Å². The zero-order valence-corrected chi connectivity index (χ0v) is 14.5. The zero-order chi connectivity index (χ0) is 16.9. The van der Waals surface area contributed by atoms with E-state index in [1.165, 1.54) is 24.7 Å². The Hall–Kier alpha value is 0.390. The molecule has 0 unspecified atom stereocenters. The molecule has 0 aliphatic heterocycles. The van der Waals surface area contributed by atoms with Gasteiger partial charge in [-0.15, -0.1) is 0 Å². The van der Waals surface area contributed by atoms with E-state index in [0.29, 0.717) is 5.75 Å². The topological polar surface area (TPSA) is 34.1 Å². The van der Waals surface area contributed by atoms with Crippen LogP contribution in [0.5, 0.6) is 0 Å². The van der Waals surface area contributed by atoms with Gasteiger partial charge in [0, 0.05) is 13.5 Å². The van der Waals surface area contributed by atoms with Crippen LogP contribution in [0.1, 0.15) is 20.8 Å². The fourth-order valence-corrected chi connectivity index (χ4v) is 6.67. The van der Waals surface area contributed by atoms with E-state index in [-0.39, 0.29) is 0 Å². The van der Waals surface area contributed by atoms with Crippen molar-refractivity contribution in [3.63, 3.8) is 0 Å². The van der Waals surface area contributed by atoms with Gasteiger partial charge in [0.15, 0.2) is 9.84 Å². The normalized spacial score (nSPS) is 16.7. The Morgan fingerprint density at radius 3 is 1.25 bits per heavy atom. The summed E-state index contributed by atoms with van der Waals surface area (Å²) >= 11 is 0. The third kappa shape index (κ3) is 20.7. The van der Waals surface area contributed by atoms with E-state index in [1.54, 1.807) is 0 Å². The number of rotatable bonds is 6. The molecule has 20 heavy (non-hydrogen) atoms. The van der Waals surface area contributed by atoms with Gasteiger partial charge in [0.25, 0.3) is 0 Å². The van der Waals surface area contributed by atoms with Crippen LogP contribution in [-0.4, -0.2) is 45.1 Å². The number of sulfone groups is 1. The predicted molar refractivity (Wildman–Crippen MR) is 76.7 cm³/mol. The van der Waals surface area contributed by atoms with Crippen LogP contribution in [0.15, 0.2) is 0 Å². The fourth-order valence-electron chi connectivity index (χ4n) is 1.50. The summed E-state index contributed by atoms with van der Waals surface area (Å²) in [6.45, 7) is 6.59. The van der Waals surface area contributed by atoms with Crippen molar-refractivity contribution in [3.05, 3.63) is 0 Å². The molecule has 0 atom stereocenters. The molecule has 2 nitrogen and oxygen atoms in total. The van der Waals surface area contributed by atoms with Crippen LogP contribution in [0.25, 0.3) is 0 Å². The second-order valence-electron chi connectivity index (χ2n) is 4.60. The second-order valence-corrected chi connectivity index (χ2v) is 13.8. The molecule has 0 amide bonds. The van der Waals surface area contributed by atoms with Crippen molar-refractivity contribution in [1.82, 2.24) is 0 Å². The first-order valence-corrected chi connectivity index (χ1v) is 12.5. The molecule has 0 aromatic heterocycles. The monoisotopic (exact) mass is 370 g/mol. The molecule has 0 aromatic rings. The summed E-state index contributed by atoms with van der Waals surface area (Å²) in [5.41, 5.74) is 0. The maximum atomic E-state index is 11.0. The van der Waals surface area contributed by atoms with Gasteiger partial charge in [-0.1, -0.05) is 0 Å². The summed E-state index contributed by atoms with van der Waals surface area (Å²) in [5, 5.41) is 0. The van der Waals surface area contributed by atoms with Gasteiger partial charge >= 0.3 is 33.0 Å². The van der Waals surface area contributed by atoms with Gasteiger partial charge in [0.1, 0.15) is 0 Å². The third-order valence-corrected chi connectivity index (χ3v) is 9.39. The summed E-state index contributed by atoms with van der Waals surface area (Å²) in [7, 11) is -14.3. The van der Waals surface area contributed by atoms with E-state index in [2.05, 4.69) is 20.8 Å². The first-order valence-electron chi connectivity index (χ1n) is 5.93. The number of halogens is 6. The molecule has 0 fully saturated rings. The standard InChI is InChI=1S/C9H22O2PS.F6P/c1-5-12(6-2,7-3)8-9-13(4,10)11;1-7(2,3,4,5)6/h5-9H2,1-4H3;/q+1;-1. The Bertz CT molecular complexity index is 379. The molecule has 128 valence electrons. The predicted octanol–water partition coefficient (Wildman–Crippen LogP) is 5.49. The third-order valence-electron chi connectivity index (χ3n) is 2.95. The van der Waals surface area contributed by atoms with Gasteiger partial charge < -0.3 is 0 Å². The van der Waals surface area contributed by atoms with Crippen LogP contribution in [0.4, 0.5) is 25.2 Å². The van der Waals surface area contributed by atoms with Crippen molar-refractivity contribution in [3.8, 4) is 0 Å². The quantitative estimate of drug-likeness (QED) is 0.458. The molecular weight excluding hydrogens is 348 g/mol. The molecule has 0 saturated carbocycles. The second kappa shape index (κ2) is 6.25. The van der Waals surface area contributed by atoms with Crippen LogP contribution in [0, 0.1) is 0 Å². The average Bonchev–Trinajstić information content (AvgIpc) is 2.14. The molecule has 0 radical (unpaired) electrons. The first-order chi connectivity index (χ1) is 8.34. The van der Waals surface area contributed by atoms with Crippen LogP contribution in [0.3, 0.4) is 0 Å². The summed E-state index contributed by atoms with van der Waals surface area (Å²) in [6.07, 6.45) is 5.83. The van der Waals surface area contributed by atoms with Crippen LogP contribution in [-0.2, 0) is 9.84 Å². The number of hydrogen-bond acceptors (Lipinski definition) is 2. The van der Waals surface area contributed by atoms with Gasteiger partial charge in [-0.3, -0.25) is 0 Å². The van der Waals surface area contributed by atoms with Crippen molar-refractivity contribution >= 4 is 24.9 Å². The van der Waals surface area contributed by atoms with Crippen LogP contribution in [0.2, 0.25) is 0 Å². The molecule has 0 aliphatic carbocycles. The Balaban J connectivity index is 0. The van der Waals surface area contributed by atoms with E-state index < -0.39 is 24.9 Å². The Labute approximate surface area is 116 Å². The van der Waals surface area contributed by atoms with Crippen LogP contribution >= 0.6 is 15.1 Å². The molecule has 0 N–H and O–H groups in total. The van der Waals surface area contributed by atoms with Gasteiger partial charge in [-0.25, -0.2) is 8.42 Å². The molecule has 0 heterocycles. The molecule has 0 aromatic carbocycles. The van der Waals surface area contributed by atoms with E-state index in [4.69, 9.17) is 0 Å². The van der Waals surface area contributed by atoms with Gasteiger partial charge in [0.2, 0.25) is 0 Å². The van der Waals surface area contributed by atoms with Crippen molar-refractivity contribution in [1.29, 1.82) is 0 Å². The summed E-state index contributed by atoms with van der Waals surface area (Å²) in [6, 6.07) is 0. The molecular formula is C9H22F6O2P2S. The van der Waals surface area contributed by atoms with Crippen molar-refractivity contribution in [2.24, 2.45) is 0 Å². The van der Waals surface area contributed by atoms with Crippen LogP contribution < -0.4 is 0 Å². The van der Waals surface area contributed by atoms with Gasteiger partial charge in [0.05, 0.1) is 30.4 Å². The van der Waals surface area contributed by atoms with Crippen molar-refractivity contribution < 1.29 is 33.6 Å².